The zero-order valence-corrected chi connectivity index (χ0v) is 16.2. The molecule has 6 heteroatoms. The first-order chi connectivity index (χ1) is 13.2. The Kier molecular flexibility index (Phi) is 5.32. The van der Waals surface area contributed by atoms with Crippen molar-refractivity contribution in [3.8, 4) is 17.0 Å². The van der Waals surface area contributed by atoms with E-state index in [4.69, 9.17) is 21.3 Å². The molecule has 0 aliphatic heterocycles. The van der Waals surface area contributed by atoms with Gasteiger partial charge in [0.15, 0.2) is 5.15 Å². The van der Waals surface area contributed by atoms with Crippen LogP contribution >= 0.6 is 11.6 Å². The molecular weight excluding hydrogens is 362 g/mol. The van der Waals surface area contributed by atoms with E-state index in [1.807, 2.05) is 34.9 Å². The Balaban J connectivity index is 1.73. The molecule has 0 bridgehead atoms. The zero-order chi connectivity index (χ0) is 18.8. The third-order valence-electron chi connectivity index (χ3n) is 5.27. The highest BCUT2D eigenvalue weighted by molar-refractivity contribution is 6.33. The molecule has 1 fully saturated rings. The molecule has 1 aliphatic carbocycles. The van der Waals surface area contributed by atoms with E-state index in [9.17, 15) is 5.11 Å². The lowest BCUT2D eigenvalue weighted by molar-refractivity contribution is 0.138. The van der Waals surface area contributed by atoms with Crippen molar-refractivity contribution in [3.05, 3.63) is 47.6 Å². The predicted molar refractivity (Wildman–Crippen MR) is 106 cm³/mol. The van der Waals surface area contributed by atoms with Crippen molar-refractivity contribution in [1.29, 1.82) is 0 Å². The zero-order valence-electron chi connectivity index (χ0n) is 15.4. The molecule has 0 atom stereocenters. The minimum absolute atomic E-state index is 0.242. The van der Waals surface area contributed by atoms with Crippen LogP contribution in [0.2, 0.25) is 5.15 Å². The third kappa shape index (κ3) is 3.54. The van der Waals surface area contributed by atoms with Gasteiger partial charge in [-0.15, -0.1) is 0 Å². The van der Waals surface area contributed by atoms with Crippen molar-refractivity contribution in [3.63, 3.8) is 0 Å². The minimum atomic E-state index is 0.242. The number of imidazole rings is 1. The molecule has 0 spiro atoms. The molecule has 1 saturated carbocycles. The molecule has 0 radical (unpaired) electrons. The van der Waals surface area contributed by atoms with Crippen molar-refractivity contribution in [2.45, 2.75) is 38.5 Å². The van der Waals surface area contributed by atoms with Gasteiger partial charge in [0.25, 0.3) is 0 Å². The molecule has 0 unspecified atom stereocenters. The molecule has 1 N–H and O–H groups in total. The van der Waals surface area contributed by atoms with Crippen molar-refractivity contribution in [2.24, 2.45) is 5.92 Å². The number of unbranched alkanes of at least 4 members (excludes halogenated alkanes) is 1. The van der Waals surface area contributed by atoms with Gasteiger partial charge in [-0.05, 0) is 37.3 Å². The molecule has 0 saturated heterocycles. The highest BCUT2D eigenvalue weighted by Gasteiger charge is 2.33. The summed E-state index contributed by atoms with van der Waals surface area (Å²) in [5.41, 5.74) is 2.63. The second kappa shape index (κ2) is 7.87. The molecule has 1 aliphatic rings. The highest BCUT2D eigenvalue weighted by atomic mass is 35.5. The largest absolute Gasteiger partial charge is 0.494 e. The average Bonchev–Trinajstić information content (AvgIpc) is 3.02. The summed E-state index contributed by atoms with van der Waals surface area (Å²) in [5.74, 6) is 2.54. The molecule has 1 aromatic carbocycles. The van der Waals surface area contributed by atoms with Crippen LogP contribution in [-0.2, 0) is 0 Å². The molecule has 142 valence electrons. The number of hydrogen-bond donors (Lipinski definition) is 1. The Labute approximate surface area is 164 Å². The molecular formula is C21H24ClN3O2. The van der Waals surface area contributed by atoms with E-state index in [1.54, 1.807) is 6.20 Å². The molecule has 2 heterocycles. The van der Waals surface area contributed by atoms with Crippen LogP contribution in [-0.4, -0.2) is 32.7 Å². The van der Waals surface area contributed by atoms with Gasteiger partial charge in [0.2, 0.25) is 0 Å². The van der Waals surface area contributed by atoms with Crippen LogP contribution in [0.1, 0.15) is 44.3 Å². The van der Waals surface area contributed by atoms with E-state index in [-0.39, 0.29) is 6.61 Å². The normalized spacial score (nSPS) is 19.2. The van der Waals surface area contributed by atoms with Crippen LogP contribution in [0.4, 0.5) is 0 Å². The fraction of sp³-hybridized carbons (Fsp3) is 0.429. The molecule has 5 nitrogen and oxygen atoms in total. The lowest BCUT2D eigenvalue weighted by Gasteiger charge is -2.32. The molecule has 0 amide bonds. The van der Waals surface area contributed by atoms with Gasteiger partial charge < -0.3 is 9.84 Å². The Hall–Kier alpha value is -2.11. The average molecular weight is 386 g/mol. The fourth-order valence-corrected chi connectivity index (χ4v) is 3.91. The van der Waals surface area contributed by atoms with Crippen molar-refractivity contribution in [1.82, 2.24) is 14.4 Å². The summed E-state index contributed by atoms with van der Waals surface area (Å²) in [4.78, 5) is 9.21. The van der Waals surface area contributed by atoms with Crippen molar-refractivity contribution >= 4 is 17.1 Å². The number of hydrogen-bond acceptors (Lipinski definition) is 4. The van der Waals surface area contributed by atoms with Gasteiger partial charge in [-0.3, -0.25) is 4.40 Å². The van der Waals surface area contributed by atoms with Gasteiger partial charge >= 0.3 is 0 Å². The van der Waals surface area contributed by atoms with E-state index in [0.29, 0.717) is 23.6 Å². The van der Waals surface area contributed by atoms with Crippen LogP contribution in [0.15, 0.2) is 36.7 Å². The SMILES string of the molecule is CCCCOc1cccc(-c2nc([C@H]3C[C@@H](CO)C3)n3ccnc(Cl)c23)c1. The Morgan fingerprint density at radius 2 is 2.19 bits per heavy atom. The summed E-state index contributed by atoms with van der Waals surface area (Å²) >= 11 is 6.45. The Morgan fingerprint density at radius 3 is 2.96 bits per heavy atom. The highest BCUT2D eigenvalue weighted by Crippen LogP contribution is 2.43. The van der Waals surface area contributed by atoms with Gasteiger partial charge in [-0.1, -0.05) is 37.1 Å². The smallest absolute Gasteiger partial charge is 0.155 e. The standard InChI is InChI=1S/C21H24ClN3O2/c1-2-3-9-27-17-6-4-5-15(12-17)18-19-20(22)23-7-8-25(19)21(24-18)16-10-14(11-16)13-26/h4-8,12,14,16,26H,2-3,9-11,13H2,1H3/t14-,16+. The van der Waals surface area contributed by atoms with Gasteiger partial charge in [0.1, 0.15) is 17.1 Å². The van der Waals surface area contributed by atoms with Crippen molar-refractivity contribution < 1.29 is 9.84 Å². The van der Waals surface area contributed by atoms with E-state index in [2.05, 4.69) is 11.9 Å². The number of nitrogens with zero attached hydrogens (tertiary/aromatic N) is 3. The number of aliphatic hydroxyl groups excluding tert-OH is 1. The lowest BCUT2D eigenvalue weighted by atomic mass is 9.75. The third-order valence-corrected chi connectivity index (χ3v) is 5.55. The summed E-state index contributed by atoms with van der Waals surface area (Å²) in [6.45, 7) is 3.10. The maximum absolute atomic E-state index is 9.34. The first-order valence-electron chi connectivity index (χ1n) is 9.57. The first kappa shape index (κ1) is 18.3. The van der Waals surface area contributed by atoms with Gasteiger partial charge in [0.05, 0.1) is 12.3 Å². The second-order valence-corrected chi connectivity index (χ2v) is 7.56. The topological polar surface area (TPSA) is 59.7 Å². The van der Waals surface area contributed by atoms with E-state index in [1.165, 1.54) is 0 Å². The van der Waals surface area contributed by atoms with Crippen LogP contribution in [0, 0.1) is 5.92 Å². The first-order valence-corrected chi connectivity index (χ1v) is 9.95. The van der Waals surface area contributed by atoms with Crippen LogP contribution in [0.5, 0.6) is 5.75 Å². The van der Waals surface area contributed by atoms with E-state index < -0.39 is 0 Å². The monoisotopic (exact) mass is 385 g/mol. The fourth-order valence-electron chi connectivity index (χ4n) is 3.68. The number of halogens is 1. The predicted octanol–water partition coefficient (Wildman–Crippen LogP) is 4.71. The summed E-state index contributed by atoms with van der Waals surface area (Å²) in [5, 5.41) is 9.78. The molecule has 3 aromatic rings. The number of benzene rings is 1. The maximum Gasteiger partial charge on any atom is 0.155 e. The summed E-state index contributed by atoms with van der Waals surface area (Å²) in [6.07, 6.45) is 7.67. The van der Waals surface area contributed by atoms with E-state index >= 15 is 0 Å². The van der Waals surface area contributed by atoms with Crippen molar-refractivity contribution in [2.75, 3.05) is 13.2 Å². The summed E-state index contributed by atoms with van der Waals surface area (Å²) in [7, 11) is 0. The summed E-state index contributed by atoms with van der Waals surface area (Å²) in [6, 6.07) is 7.99. The van der Waals surface area contributed by atoms with E-state index in [0.717, 1.165) is 54.0 Å². The Morgan fingerprint density at radius 1 is 1.33 bits per heavy atom. The number of aliphatic hydroxyl groups is 1. The molecule has 4 rings (SSSR count). The molecule has 2 aromatic heterocycles. The number of rotatable bonds is 7. The summed E-state index contributed by atoms with van der Waals surface area (Å²) < 4.78 is 7.90. The van der Waals surface area contributed by atoms with Gasteiger partial charge in [-0.2, -0.15) is 0 Å². The van der Waals surface area contributed by atoms with Crippen LogP contribution < -0.4 is 4.74 Å². The quantitative estimate of drug-likeness (QED) is 0.598. The van der Waals surface area contributed by atoms with Gasteiger partial charge in [0, 0.05) is 30.5 Å². The van der Waals surface area contributed by atoms with Crippen LogP contribution in [0.3, 0.4) is 0 Å². The number of aromatic nitrogens is 3. The number of ether oxygens (including phenoxy) is 1. The minimum Gasteiger partial charge on any atom is -0.494 e. The maximum atomic E-state index is 9.34. The van der Waals surface area contributed by atoms with Gasteiger partial charge in [-0.25, -0.2) is 9.97 Å². The lowest BCUT2D eigenvalue weighted by Crippen LogP contribution is -2.26. The Bertz CT molecular complexity index is 934. The number of fused-ring (bicyclic) bond motifs is 1. The molecule has 27 heavy (non-hydrogen) atoms. The second-order valence-electron chi connectivity index (χ2n) is 7.20. The van der Waals surface area contributed by atoms with Crippen LogP contribution in [0.25, 0.3) is 16.8 Å².